The number of hydrogen-bond acceptors (Lipinski definition) is 5. The molecule has 1 amide bonds. The summed E-state index contributed by atoms with van der Waals surface area (Å²) in [5, 5.41) is 12.7. The van der Waals surface area contributed by atoms with Crippen LogP contribution in [-0.2, 0) is 16.1 Å². The zero-order chi connectivity index (χ0) is 18.1. The number of carbonyl (C=O) groups excluding carboxylic acids is 1. The molecule has 6 heteroatoms. The van der Waals surface area contributed by atoms with Gasteiger partial charge in [0.25, 0.3) is 0 Å². The van der Waals surface area contributed by atoms with Crippen LogP contribution in [0.15, 0.2) is 53.4 Å². The van der Waals surface area contributed by atoms with Crippen molar-refractivity contribution in [1.29, 1.82) is 0 Å². The van der Waals surface area contributed by atoms with Gasteiger partial charge in [0, 0.05) is 23.3 Å². The number of amides is 1. The zero-order valence-electron chi connectivity index (χ0n) is 14.4. The highest BCUT2D eigenvalue weighted by Crippen LogP contribution is 2.21. The third-order valence-electron chi connectivity index (χ3n) is 3.36. The monoisotopic (exact) mass is 361 g/mol. The smallest absolute Gasteiger partial charge is 0.221 e. The van der Waals surface area contributed by atoms with E-state index < -0.39 is 6.10 Å². The maximum atomic E-state index is 11.0. The standard InChI is InChI=1S/C19H23NO4S/c1-14(21)20-16-5-9-19(10-6-16)25-13-17(22)12-24-11-15-3-7-18(23-2)8-4-15/h3-10,17,22H,11-13H2,1-2H3,(H,20,21)/t17-/m1/s1. The molecule has 2 aromatic carbocycles. The van der Waals surface area contributed by atoms with Crippen LogP contribution in [0.25, 0.3) is 0 Å². The molecule has 0 unspecified atom stereocenters. The summed E-state index contributed by atoms with van der Waals surface area (Å²) < 4.78 is 10.7. The van der Waals surface area contributed by atoms with E-state index in [4.69, 9.17) is 9.47 Å². The van der Waals surface area contributed by atoms with Gasteiger partial charge in [-0.1, -0.05) is 12.1 Å². The molecule has 2 aromatic rings. The fourth-order valence-electron chi connectivity index (χ4n) is 2.11. The molecule has 1 atom stereocenters. The summed E-state index contributed by atoms with van der Waals surface area (Å²) in [6.45, 7) is 2.21. The first kappa shape index (κ1) is 19.3. The van der Waals surface area contributed by atoms with Gasteiger partial charge in [0.15, 0.2) is 0 Å². The molecule has 0 spiro atoms. The molecule has 25 heavy (non-hydrogen) atoms. The maximum absolute atomic E-state index is 11.0. The molecular weight excluding hydrogens is 338 g/mol. The SMILES string of the molecule is COc1ccc(COC[C@@H](O)CSc2ccc(NC(C)=O)cc2)cc1. The number of hydrogen-bond donors (Lipinski definition) is 2. The van der Waals surface area contributed by atoms with Crippen molar-refractivity contribution in [2.45, 2.75) is 24.5 Å². The van der Waals surface area contributed by atoms with Crippen LogP contribution in [0.1, 0.15) is 12.5 Å². The minimum Gasteiger partial charge on any atom is -0.497 e. The van der Waals surface area contributed by atoms with E-state index in [1.165, 1.54) is 6.92 Å². The van der Waals surface area contributed by atoms with E-state index in [-0.39, 0.29) is 12.5 Å². The molecule has 0 saturated heterocycles. The van der Waals surface area contributed by atoms with Gasteiger partial charge in [-0.05, 0) is 42.0 Å². The van der Waals surface area contributed by atoms with Crippen molar-refractivity contribution >= 4 is 23.4 Å². The Morgan fingerprint density at radius 1 is 1.16 bits per heavy atom. The highest BCUT2D eigenvalue weighted by Gasteiger charge is 2.06. The highest BCUT2D eigenvalue weighted by molar-refractivity contribution is 7.99. The Bertz CT molecular complexity index is 658. The van der Waals surface area contributed by atoms with Crippen LogP contribution in [0.4, 0.5) is 5.69 Å². The number of nitrogens with one attached hydrogen (secondary N) is 1. The Hall–Kier alpha value is -2.02. The Morgan fingerprint density at radius 2 is 1.84 bits per heavy atom. The van der Waals surface area contributed by atoms with Crippen molar-refractivity contribution in [2.24, 2.45) is 0 Å². The van der Waals surface area contributed by atoms with E-state index in [1.54, 1.807) is 18.9 Å². The summed E-state index contributed by atoms with van der Waals surface area (Å²) in [6.07, 6.45) is -0.543. The lowest BCUT2D eigenvalue weighted by atomic mass is 10.2. The van der Waals surface area contributed by atoms with Crippen LogP contribution in [0.5, 0.6) is 5.75 Å². The van der Waals surface area contributed by atoms with E-state index >= 15 is 0 Å². The van der Waals surface area contributed by atoms with E-state index in [9.17, 15) is 9.90 Å². The first-order valence-electron chi connectivity index (χ1n) is 7.96. The van der Waals surface area contributed by atoms with Crippen molar-refractivity contribution in [3.8, 4) is 5.75 Å². The molecule has 0 heterocycles. The van der Waals surface area contributed by atoms with Crippen LogP contribution in [-0.4, -0.2) is 36.6 Å². The van der Waals surface area contributed by atoms with E-state index in [0.717, 1.165) is 21.9 Å². The zero-order valence-corrected chi connectivity index (χ0v) is 15.2. The van der Waals surface area contributed by atoms with Crippen LogP contribution >= 0.6 is 11.8 Å². The maximum Gasteiger partial charge on any atom is 0.221 e. The van der Waals surface area contributed by atoms with Gasteiger partial charge in [-0.3, -0.25) is 4.79 Å². The second-order valence-electron chi connectivity index (χ2n) is 5.53. The van der Waals surface area contributed by atoms with Crippen molar-refractivity contribution in [2.75, 3.05) is 24.8 Å². The average Bonchev–Trinajstić information content (AvgIpc) is 2.61. The molecular formula is C19H23NO4S. The molecule has 0 aliphatic heterocycles. The quantitative estimate of drug-likeness (QED) is 0.671. The molecule has 5 nitrogen and oxygen atoms in total. The average molecular weight is 361 g/mol. The molecule has 0 fully saturated rings. The number of ether oxygens (including phenoxy) is 2. The minimum absolute atomic E-state index is 0.0927. The lowest BCUT2D eigenvalue weighted by Gasteiger charge is -2.12. The lowest BCUT2D eigenvalue weighted by Crippen LogP contribution is -2.17. The molecule has 2 N–H and O–H groups in total. The van der Waals surface area contributed by atoms with Crippen molar-refractivity contribution in [3.05, 3.63) is 54.1 Å². The predicted octanol–water partition coefficient (Wildman–Crippen LogP) is 3.32. The molecule has 0 bridgehead atoms. The first-order valence-corrected chi connectivity index (χ1v) is 8.94. The van der Waals surface area contributed by atoms with Crippen LogP contribution in [0.2, 0.25) is 0 Å². The Morgan fingerprint density at radius 3 is 2.44 bits per heavy atom. The summed E-state index contributed by atoms with van der Waals surface area (Å²) in [7, 11) is 1.63. The number of methoxy groups -OCH3 is 1. The molecule has 0 saturated carbocycles. The van der Waals surface area contributed by atoms with E-state index in [0.29, 0.717) is 12.4 Å². The van der Waals surface area contributed by atoms with E-state index in [2.05, 4.69) is 5.32 Å². The van der Waals surface area contributed by atoms with Gasteiger partial charge in [0.05, 0.1) is 26.4 Å². The molecule has 0 aliphatic carbocycles. The second kappa shape index (κ2) is 10.1. The summed E-state index contributed by atoms with van der Waals surface area (Å²) in [4.78, 5) is 12.0. The van der Waals surface area contributed by atoms with Crippen molar-refractivity contribution in [3.63, 3.8) is 0 Å². The number of thioether (sulfide) groups is 1. The molecule has 134 valence electrons. The third-order valence-corrected chi connectivity index (χ3v) is 4.51. The number of aliphatic hydroxyl groups excluding tert-OH is 1. The molecule has 0 radical (unpaired) electrons. The topological polar surface area (TPSA) is 67.8 Å². The largest absolute Gasteiger partial charge is 0.497 e. The molecule has 0 aliphatic rings. The number of anilines is 1. The minimum atomic E-state index is -0.543. The second-order valence-corrected chi connectivity index (χ2v) is 6.63. The Kier molecular flexibility index (Phi) is 7.78. The number of carbonyl (C=O) groups is 1. The van der Waals surface area contributed by atoms with Gasteiger partial charge in [-0.25, -0.2) is 0 Å². The Labute approximate surface area is 152 Å². The van der Waals surface area contributed by atoms with E-state index in [1.807, 2.05) is 48.5 Å². The van der Waals surface area contributed by atoms with Crippen molar-refractivity contribution < 1.29 is 19.4 Å². The lowest BCUT2D eigenvalue weighted by molar-refractivity contribution is -0.114. The molecule has 2 rings (SSSR count). The highest BCUT2D eigenvalue weighted by atomic mass is 32.2. The van der Waals surface area contributed by atoms with Gasteiger partial charge in [0.1, 0.15) is 5.75 Å². The predicted molar refractivity (Wildman–Crippen MR) is 100 cm³/mol. The van der Waals surface area contributed by atoms with Gasteiger partial charge >= 0.3 is 0 Å². The van der Waals surface area contributed by atoms with Crippen LogP contribution in [0.3, 0.4) is 0 Å². The summed E-state index contributed by atoms with van der Waals surface area (Å²) in [5.41, 5.74) is 1.80. The number of rotatable bonds is 9. The van der Waals surface area contributed by atoms with Gasteiger partial charge in [-0.15, -0.1) is 11.8 Å². The van der Waals surface area contributed by atoms with Gasteiger partial charge in [0.2, 0.25) is 5.91 Å². The first-order chi connectivity index (χ1) is 12.1. The van der Waals surface area contributed by atoms with Gasteiger partial charge in [-0.2, -0.15) is 0 Å². The number of benzene rings is 2. The third kappa shape index (κ3) is 7.17. The van der Waals surface area contributed by atoms with Crippen molar-refractivity contribution in [1.82, 2.24) is 0 Å². The summed E-state index contributed by atoms with van der Waals surface area (Å²) >= 11 is 1.55. The van der Waals surface area contributed by atoms with Gasteiger partial charge < -0.3 is 19.9 Å². The van der Waals surface area contributed by atoms with Crippen LogP contribution in [0, 0.1) is 0 Å². The summed E-state index contributed by atoms with van der Waals surface area (Å²) in [5.74, 6) is 1.26. The van der Waals surface area contributed by atoms with Crippen LogP contribution < -0.4 is 10.1 Å². The fourth-order valence-corrected chi connectivity index (χ4v) is 2.92. The fraction of sp³-hybridized carbons (Fsp3) is 0.316. The Balaban J connectivity index is 1.67. The molecule has 0 aromatic heterocycles. The number of aliphatic hydroxyl groups is 1. The normalized spacial score (nSPS) is 11.8. The summed E-state index contributed by atoms with van der Waals surface area (Å²) in [6, 6.07) is 15.2.